The lowest BCUT2D eigenvalue weighted by Gasteiger charge is -2.47. The van der Waals surface area contributed by atoms with Crippen LogP contribution >= 0.6 is 7.82 Å². The second-order valence-corrected chi connectivity index (χ2v) is 23.4. The van der Waals surface area contributed by atoms with Gasteiger partial charge in [0.2, 0.25) is 5.91 Å². The van der Waals surface area contributed by atoms with E-state index in [1.165, 1.54) is 55.9 Å². The molecule has 3 aliphatic heterocycles. The van der Waals surface area contributed by atoms with Crippen LogP contribution < -0.4 is 25.6 Å². The van der Waals surface area contributed by atoms with Gasteiger partial charge in [-0.1, -0.05) is 60.7 Å². The number of fused-ring (bicyclic) bond motifs is 1. The first-order chi connectivity index (χ1) is 40.8. The van der Waals surface area contributed by atoms with Crippen molar-refractivity contribution in [2.45, 2.75) is 71.5 Å². The highest BCUT2D eigenvalue weighted by molar-refractivity contribution is 7.47. The Hall–Kier alpha value is -8.40. The van der Waals surface area contributed by atoms with Crippen molar-refractivity contribution in [3.8, 4) is 28.3 Å². The zero-order valence-electron chi connectivity index (χ0n) is 47.5. The van der Waals surface area contributed by atoms with Crippen LogP contribution in [0.1, 0.15) is 88.9 Å². The van der Waals surface area contributed by atoms with Crippen LogP contribution in [0.25, 0.3) is 33.5 Å². The number of rotatable bonds is 19. The fraction of sp³-hybridized carbons (Fsp3) is 0.339. The number of carbonyl (C=O) groups excluding carboxylic acids is 5. The van der Waals surface area contributed by atoms with Crippen LogP contribution in [0.3, 0.4) is 0 Å². The molecule has 0 radical (unpaired) electrons. The molecule has 1 atom stereocenters. The number of hydrogen-bond donors (Lipinski definition) is 5. The quantitative estimate of drug-likeness (QED) is 0.0374. The molecule has 3 fully saturated rings. The van der Waals surface area contributed by atoms with Gasteiger partial charge in [-0.15, -0.1) is 0 Å². The SMILES string of the molecule is COc1ccc(C(=O)N2CCC3(CCN(CCc4ccc(-c5cc6c(-c7cc(F)cc(NC(=O)c8ccc(C(C)(C)OP(=O)(O)OCCNC(=O)OCc9ccccc9)cc8F)c7C)ncnc6[nH]5)cc4)CC3)CC2)cc1N1CCC(=O)NC1=O. The molecule has 0 bridgehead atoms. The molecule has 2 aromatic heterocycles. The number of likely N-dealkylation sites (tertiary alicyclic amines) is 2. The molecule has 444 valence electrons. The Labute approximate surface area is 489 Å². The second kappa shape index (κ2) is 25.4. The number of aromatic amines is 1. The molecule has 1 unspecified atom stereocenters. The summed E-state index contributed by atoms with van der Waals surface area (Å²) >= 11 is 0. The molecule has 5 aromatic carbocycles. The Morgan fingerprint density at radius 3 is 2.32 bits per heavy atom. The van der Waals surface area contributed by atoms with Crippen molar-refractivity contribution >= 4 is 60.1 Å². The number of nitrogens with one attached hydrogen (secondary N) is 4. The van der Waals surface area contributed by atoms with Crippen molar-refractivity contribution in [3.63, 3.8) is 0 Å². The van der Waals surface area contributed by atoms with E-state index in [2.05, 4.69) is 47.9 Å². The van der Waals surface area contributed by atoms with E-state index in [1.54, 1.807) is 49.4 Å². The van der Waals surface area contributed by atoms with Crippen LogP contribution in [0.4, 0.5) is 29.7 Å². The van der Waals surface area contributed by atoms with Gasteiger partial charge in [0.05, 0.1) is 36.3 Å². The molecule has 85 heavy (non-hydrogen) atoms. The predicted molar refractivity (Wildman–Crippen MR) is 314 cm³/mol. The zero-order chi connectivity index (χ0) is 60.0. The van der Waals surface area contributed by atoms with E-state index in [-0.39, 0.29) is 60.2 Å². The number of amides is 6. The summed E-state index contributed by atoms with van der Waals surface area (Å²) in [5.41, 5.74) is 4.72. The fourth-order valence-electron chi connectivity index (χ4n) is 11.2. The molecule has 0 saturated carbocycles. The summed E-state index contributed by atoms with van der Waals surface area (Å²) in [6, 6.07) is 29.8. The third kappa shape index (κ3) is 14.1. The molecule has 7 aromatic rings. The maximum Gasteiger partial charge on any atom is 0.473 e. The number of hydrogen-bond acceptors (Lipinski definition) is 13. The van der Waals surface area contributed by atoms with E-state index in [1.807, 2.05) is 29.2 Å². The van der Waals surface area contributed by atoms with Crippen LogP contribution in [0.2, 0.25) is 0 Å². The van der Waals surface area contributed by atoms with Gasteiger partial charge in [0.25, 0.3) is 11.8 Å². The highest BCUT2D eigenvalue weighted by Gasteiger charge is 2.39. The van der Waals surface area contributed by atoms with Gasteiger partial charge in [0, 0.05) is 67.0 Å². The number of carbonyl (C=O) groups is 5. The number of phosphoric acid groups is 1. The summed E-state index contributed by atoms with van der Waals surface area (Å²) in [6.45, 7) is 8.35. The number of imide groups is 1. The number of alkyl carbamates (subject to hydrolysis) is 1. The molecule has 20 nitrogen and oxygen atoms in total. The highest BCUT2D eigenvalue weighted by Crippen LogP contribution is 2.50. The van der Waals surface area contributed by atoms with Crippen molar-refractivity contribution < 1.29 is 60.7 Å². The van der Waals surface area contributed by atoms with Crippen molar-refractivity contribution in [3.05, 3.63) is 161 Å². The summed E-state index contributed by atoms with van der Waals surface area (Å²) < 4.78 is 65.2. The average Bonchev–Trinajstić information content (AvgIpc) is 2.83. The standard InChI is InChI=1S/C62H66F2N9O11P/c1-39-47(34-45(63)35-50(39)69-57(75)46-16-15-44(33-49(46)64)61(2,3)84-85(79,80)83-31-24-65-60(78)82-37-41-8-6-5-7-9-41)55-48-36-51(68-56(48)67-38-66-55)42-12-10-40(11-13-42)18-25-71-27-20-62(21-28-71)22-29-72(30-23-62)58(76)43-14-17-53(81-4)52(32-43)73-26-19-54(74)70-59(73)77/h5-17,32-36,38H,18-31,37H2,1-4H3,(H,65,78)(H,69,75)(H,79,80)(H,66,67,68)(H,70,74,77). The number of anilines is 2. The lowest BCUT2D eigenvalue weighted by atomic mass is 9.71. The molecule has 0 aliphatic carbocycles. The molecular formula is C62H66F2N9O11P. The average molecular weight is 1180 g/mol. The van der Waals surface area contributed by atoms with Gasteiger partial charge in [0.1, 0.15) is 36.0 Å². The lowest BCUT2D eigenvalue weighted by molar-refractivity contribution is -0.120. The number of H-pyrrole nitrogens is 1. The van der Waals surface area contributed by atoms with Crippen molar-refractivity contribution in [2.24, 2.45) is 5.41 Å². The van der Waals surface area contributed by atoms with E-state index in [4.69, 9.17) is 18.5 Å². The first kappa shape index (κ1) is 59.7. The van der Waals surface area contributed by atoms with E-state index in [9.17, 15) is 33.4 Å². The number of phosphoric ester groups is 1. The minimum Gasteiger partial charge on any atom is -0.495 e. The molecule has 23 heteroatoms. The second-order valence-electron chi connectivity index (χ2n) is 22.1. The smallest absolute Gasteiger partial charge is 0.473 e. The monoisotopic (exact) mass is 1180 g/mol. The van der Waals surface area contributed by atoms with Crippen LogP contribution in [-0.2, 0) is 41.8 Å². The van der Waals surface area contributed by atoms with Crippen LogP contribution in [-0.4, -0.2) is 119 Å². The molecule has 3 aliphatic rings. The highest BCUT2D eigenvalue weighted by atomic mass is 31.2. The molecule has 5 N–H and O–H groups in total. The maximum atomic E-state index is 15.8. The summed E-state index contributed by atoms with van der Waals surface area (Å²) in [4.78, 5) is 92.5. The van der Waals surface area contributed by atoms with E-state index in [0.717, 1.165) is 80.7 Å². The Balaban J connectivity index is 0.707. The van der Waals surface area contributed by atoms with Gasteiger partial charge >= 0.3 is 19.9 Å². The minimum absolute atomic E-state index is 0.0319. The number of methoxy groups -OCH3 is 1. The van der Waals surface area contributed by atoms with Gasteiger partial charge in [-0.2, -0.15) is 0 Å². The van der Waals surface area contributed by atoms with E-state index < -0.39 is 49.7 Å². The molecule has 1 spiro atoms. The lowest BCUT2D eigenvalue weighted by Crippen LogP contribution is -2.50. The number of urea groups is 1. The van der Waals surface area contributed by atoms with E-state index >= 15 is 8.78 Å². The summed E-state index contributed by atoms with van der Waals surface area (Å²) in [7, 11) is -3.25. The number of piperidine rings is 2. The summed E-state index contributed by atoms with van der Waals surface area (Å²) in [6.07, 6.45) is 5.60. The zero-order valence-corrected chi connectivity index (χ0v) is 48.4. The first-order valence-corrected chi connectivity index (χ1v) is 29.5. The third-order valence-corrected chi connectivity index (χ3v) is 17.4. The third-order valence-electron chi connectivity index (χ3n) is 16.2. The molecule has 10 rings (SSSR count). The molecular weight excluding hydrogens is 1120 g/mol. The van der Waals surface area contributed by atoms with Crippen molar-refractivity contribution in [1.29, 1.82) is 0 Å². The normalized spacial score (nSPS) is 16.2. The number of halogens is 2. The Morgan fingerprint density at radius 1 is 0.859 bits per heavy atom. The Morgan fingerprint density at radius 2 is 1.60 bits per heavy atom. The first-order valence-electron chi connectivity index (χ1n) is 28.0. The van der Waals surface area contributed by atoms with E-state index in [0.29, 0.717) is 57.9 Å². The minimum atomic E-state index is -4.75. The summed E-state index contributed by atoms with van der Waals surface area (Å²) in [5, 5.41) is 8.01. The molecule has 3 saturated heterocycles. The van der Waals surface area contributed by atoms with Crippen molar-refractivity contribution in [2.75, 3.05) is 69.7 Å². The van der Waals surface area contributed by atoms with Crippen LogP contribution in [0.5, 0.6) is 5.75 Å². The number of benzene rings is 5. The van der Waals surface area contributed by atoms with Gasteiger partial charge in [-0.05, 0) is 148 Å². The van der Waals surface area contributed by atoms with Gasteiger partial charge in [-0.3, -0.25) is 33.6 Å². The number of nitrogens with zero attached hydrogens (tertiary/aromatic N) is 5. The topological polar surface area (TPSA) is 247 Å². The fourth-order valence-corrected chi connectivity index (χ4v) is 12.2. The molecule has 5 heterocycles. The van der Waals surface area contributed by atoms with Crippen LogP contribution in [0.15, 0.2) is 116 Å². The number of ether oxygens (including phenoxy) is 2. The summed E-state index contributed by atoms with van der Waals surface area (Å²) in [5.74, 6) is -2.51. The number of aromatic nitrogens is 3. The van der Waals surface area contributed by atoms with Crippen LogP contribution in [0, 0.1) is 24.0 Å². The van der Waals surface area contributed by atoms with Gasteiger partial charge in [0.15, 0.2) is 0 Å². The molecule has 6 amide bonds. The van der Waals surface area contributed by atoms with Crippen molar-refractivity contribution in [1.82, 2.24) is 35.4 Å². The Bertz CT molecular complexity index is 3700. The predicted octanol–water partition coefficient (Wildman–Crippen LogP) is 10.4. The largest absolute Gasteiger partial charge is 0.495 e. The maximum absolute atomic E-state index is 15.8. The van der Waals surface area contributed by atoms with Gasteiger partial charge < -0.3 is 39.8 Å². The Kier molecular flexibility index (Phi) is 17.9. The van der Waals surface area contributed by atoms with Gasteiger partial charge in [-0.25, -0.2) is 32.9 Å².